The van der Waals surface area contributed by atoms with Gasteiger partial charge in [-0.25, -0.2) is 4.79 Å². The van der Waals surface area contributed by atoms with Gasteiger partial charge in [0.15, 0.2) is 0 Å². The lowest BCUT2D eigenvalue weighted by atomic mass is 9.88. The lowest BCUT2D eigenvalue weighted by Gasteiger charge is -2.27. The number of likely N-dealkylation sites (tertiary alicyclic amines) is 1. The molecule has 0 aromatic heterocycles. The molecule has 2 heterocycles. The Morgan fingerprint density at radius 3 is 2.59 bits per heavy atom. The Balaban J connectivity index is 1.22. The minimum atomic E-state index is -0.869. The summed E-state index contributed by atoms with van der Waals surface area (Å²) < 4.78 is 5.43. The zero-order valence-electron chi connectivity index (χ0n) is 22.1. The van der Waals surface area contributed by atoms with Gasteiger partial charge in [0, 0.05) is 37.9 Å². The number of hydrogen-bond acceptors (Lipinski definition) is 6. The summed E-state index contributed by atoms with van der Waals surface area (Å²) in [5.41, 5.74) is 0. The summed E-state index contributed by atoms with van der Waals surface area (Å²) in [5.74, 6) is 1.51. The third kappa shape index (κ3) is 7.23. The number of rotatable bonds is 12. The fraction of sp³-hybridized carbons (Fsp3) is 0.815. The molecule has 4 rings (SSSR count). The Labute approximate surface area is 219 Å². The fourth-order valence-corrected chi connectivity index (χ4v) is 6.71. The van der Waals surface area contributed by atoms with Crippen LogP contribution in [0.25, 0.3) is 0 Å². The number of aldehydes is 1. The van der Waals surface area contributed by atoms with Crippen LogP contribution in [0, 0.1) is 35.5 Å². The minimum Gasteiger partial charge on any atom is -0.449 e. The van der Waals surface area contributed by atoms with E-state index in [1.165, 1.54) is 25.7 Å². The van der Waals surface area contributed by atoms with Crippen molar-refractivity contribution in [2.45, 2.75) is 77.3 Å². The average Bonchev–Trinajstić information content (AvgIpc) is 3.63. The van der Waals surface area contributed by atoms with Crippen LogP contribution in [0.1, 0.15) is 65.2 Å². The van der Waals surface area contributed by atoms with Crippen LogP contribution in [0.15, 0.2) is 0 Å². The van der Waals surface area contributed by atoms with Crippen LogP contribution in [0.5, 0.6) is 0 Å². The second kappa shape index (κ2) is 12.3. The molecule has 7 atom stereocenters. The van der Waals surface area contributed by atoms with E-state index in [-0.39, 0.29) is 42.6 Å². The Hall–Kier alpha value is -2.65. The van der Waals surface area contributed by atoms with Crippen LogP contribution in [0.3, 0.4) is 0 Å². The van der Waals surface area contributed by atoms with Crippen molar-refractivity contribution in [3.8, 4) is 0 Å². The van der Waals surface area contributed by atoms with Gasteiger partial charge in [0.2, 0.25) is 17.7 Å². The third-order valence-electron chi connectivity index (χ3n) is 8.59. The summed E-state index contributed by atoms with van der Waals surface area (Å²) in [6.07, 6.45) is 6.70. The highest BCUT2D eigenvalue weighted by Gasteiger charge is 2.42. The largest absolute Gasteiger partial charge is 0.449 e. The second-order valence-corrected chi connectivity index (χ2v) is 12.0. The summed E-state index contributed by atoms with van der Waals surface area (Å²) in [5, 5.41) is 8.04. The van der Waals surface area contributed by atoms with E-state index in [4.69, 9.17) is 4.74 Å². The van der Waals surface area contributed by atoms with Gasteiger partial charge >= 0.3 is 6.09 Å². The van der Waals surface area contributed by atoms with E-state index < -0.39 is 24.1 Å². The van der Waals surface area contributed by atoms with Crippen LogP contribution < -0.4 is 16.0 Å². The number of alkyl carbamates (subject to hydrolysis) is 1. The minimum absolute atomic E-state index is 0.0498. The smallest absolute Gasteiger partial charge is 0.407 e. The monoisotopic (exact) mass is 518 g/mol. The highest BCUT2D eigenvalue weighted by molar-refractivity contribution is 5.88. The molecule has 3 N–H and O–H groups in total. The molecule has 0 radical (unpaired) electrons. The van der Waals surface area contributed by atoms with E-state index in [0.29, 0.717) is 44.6 Å². The highest BCUT2D eigenvalue weighted by atomic mass is 16.5. The molecule has 0 spiro atoms. The standard InChI is InChI=1S/C27H42N4O6/c1-16(2)7-23(26(35)29-22(14-32)11-20-5-6-28-25(20)34)30-27(36)37-15-18-10-24(33)31(12-18)13-21-9-17-3-4-19(21)8-17/h14,16-23H,3-13,15H2,1-2H3,(H,28,34)(H,29,35)(H,30,36)/t17?,18?,19?,20-,21?,22-,23-/m0/s1. The molecule has 10 heteroatoms. The number of amides is 4. The Morgan fingerprint density at radius 2 is 1.97 bits per heavy atom. The predicted octanol–water partition coefficient (Wildman–Crippen LogP) is 1.62. The number of fused-ring (bicyclic) bond motifs is 2. The number of hydrogen-bond donors (Lipinski definition) is 3. The molecule has 4 aliphatic rings. The van der Waals surface area contributed by atoms with Crippen molar-refractivity contribution in [2.24, 2.45) is 35.5 Å². The van der Waals surface area contributed by atoms with E-state index >= 15 is 0 Å². The van der Waals surface area contributed by atoms with Gasteiger partial charge in [-0.1, -0.05) is 20.3 Å². The van der Waals surface area contributed by atoms with Gasteiger partial charge in [-0.3, -0.25) is 14.4 Å². The number of carbonyl (C=O) groups excluding carboxylic acids is 5. The molecule has 4 unspecified atom stereocenters. The normalized spacial score (nSPS) is 30.4. The first-order chi connectivity index (χ1) is 17.7. The quantitative estimate of drug-likeness (QED) is 0.336. The van der Waals surface area contributed by atoms with Crippen molar-refractivity contribution in [2.75, 3.05) is 26.2 Å². The fourth-order valence-electron chi connectivity index (χ4n) is 6.71. The lowest BCUT2D eigenvalue weighted by molar-refractivity contribution is -0.128. The van der Waals surface area contributed by atoms with Crippen molar-refractivity contribution in [1.29, 1.82) is 0 Å². The Bertz CT molecular complexity index is 879. The predicted molar refractivity (Wildman–Crippen MR) is 135 cm³/mol. The number of carbonyl (C=O) groups is 5. The molecule has 2 aliphatic heterocycles. The molecule has 2 saturated carbocycles. The zero-order chi connectivity index (χ0) is 26.5. The SMILES string of the molecule is CC(C)C[C@H](NC(=O)OCC1CC(=O)N(CC2CC3CCC2C3)C1)C(=O)N[C@H](C=O)C[C@@H]1CCNC1=O. The van der Waals surface area contributed by atoms with Gasteiger partial charge < -0.3 is 30.4 Å². The first kappa shape index (κ1) is 27.4. The van der Waals surface area contributed by atoms with Crippen molar-refractivity contribution in [3.63, 3.8) is 0 Å². The summed E-state index contributed by atoms with van der Waals surface area (Å²) in [4.78, 5) is 63.4. The average molecular weight is 519 g/mol. The van der Waals surface area contributed by atoms with Gasteiger partial charge in [0.1, 0.15) is 12.3 Å². The molecule has 37 heavy (non-hydrogen) atoms. The summed E-state index contributed by atoms with van der Waals surface area (Å²) in [6, 6.07) is -1.67. The van der Waals surface area contributed by atoms with Crippen molar-refractivity contribution >= 4 is 30.1 Å². The summed E-state index contributed by atoms with van der Waals surface area (Å²) in [7, 11) is 0. The van der Waals surface area contributed by atoms with Crippen LogP contribution in [-0.2, 0) is 23.9 Å². The van der Waals surface area contributed by atoms with Crippen LogP contribution in [-0.4, -0.2) is 73.3 Å². The molecule has 2 aliphatic carbocycles. The maximum Gasteiger partial charge on any atom is 0.407 e. The van der Waals surface area contributed by atoms with Crippen molar-refractivity contribution in [3.05, 3.63) is 0 Å². The Morgan fingerprint density at radius 1 is 1.16 bits per heavy atom. The maximum atomic E-state index is 12.9. The number of ether oxygens (including phenoxy) is 1. The topological polar surface area (TPSA) is 134 Å². The molecule has 2 bridgehead atoms. The van der Waals surface area contributed by atoms with Gasteiger partial charge in [-0.2, -0.15) is 0 Å². The molecule has 0 aromatic carbocycles. The van der Waals surface area contributed by atoms with Crippen LogP contribution in [0.2, 0.25) is 0 Å². The summed E-state index contributed by atoms with van der Waals surface area (Å²) >= 11 is 0. The van der Waals surface area contributed by atoms with E-state index in [1.807, 2.05) is 18.7 Å². The first-order valence-corrected chi connectivity index (χ1v) is 14.0. The van der Waals surface area contributed by atoms with E-state index in [1.54, 1.807) is 0 Å². The van der Waals surface area contributed by atoms with E-state index in [0.717, 1.165) is 18.4 Å². The Kier molecular flexibility index (Phi) is 9.08. The van der Waals surface area contributed by atoms with Gasteiger partial charge in [-0.15, -0.1) is 0 Å². The van der Waals surface area contributed by atoms with Crippen LogP contribution >= 0.6 is 0 Å². The maximum absolute atomic E-state index is 12.9. The highest BCUT2D eigenvalue weighted by Crippen LogP contribution is 2.48. The van der Waals surface area contributed by atoms with E-state index in [9.17, 15) is 24.0 Å². The molecular formula is C27H42N4O6. The zero-order valence-corrected chi connectivity index (χ0v) is 22.1. The molecule has 10 nitrogen and oxygen atoms in total. The number of nitrogens with zero attached hydrogens (tertiary/aromatic N) is 1. The van der Waals surface area contributed by atoms with E-state index in [2.05, 4.69) is 16.0 Å². The van der Waals surface area contributed by atoms with Gasteiger partial charge in [0.05, 0.1) is 12.6 Å². The molecule has 4 amide bonds. The third-order valence-corrected chi connectivity index (χ3v) is 8.59. The van der Waals surface area contributed by atoms with Gasteiger partial charge in [-0.05, 0) is 62.2 Å². The number of nitrogens with one attached hydrogen (secondary N) is 3. The van der Waals surface area contributed by atoms with Gasteiger partial charge in [0.25, 0.3) is 0 Å². The van der Waals surface area contributed by atoms with Crippen molar-refractivity contribution < 1.29 is 28.7 Å². The first-order valence-electron chi connectivity index (χ1n) is 14.0. The van der Waals surface area contributed by atoms with Crippen LogP contribution in [0.4, 0.5) is 4.79 Å². The lowest BCUT2D eigenvalue weighted by Crippen LogP contribution is -2.51. The molecular weight excluding hydrogens is 476 g/mol. The second-order valence-electron chi connectivity index (χ2n) is 12.0. The molecule has 2 saturated heterocycles. The molecule has 4 fully saturated rings. The molecule has 0 aromatic rings. The molecule has 206 valence electrons. The summed E-state index contributed by atoms with van der Waals surface area (Å²) in [6.45, 7) is 5.97. The van der Waals surface area contributed by atoms with Crippen molar-refractivity contribution in [1.82, 2.24) is 20.9 Å².